The van der Waals surface area contributed by atoms with Crippen LogP contribution in [0.4, 0.5) is 0 Å². The van der Waals surface area contributed by atoms with Gasteiger partial charge in [0.2, 0.25) is 0 Å². The average molecular weight is 273 g/mol. The van der Waals surface area contributed by atoms with Gasteiger partial charge in [0.15, 0.2) is 0 Å². The van der Waals surface area contributed by atoms with E-state index in [0.717, 1.165) is 10.9 Å². The van der Waals surface area contributed by atoms with Crippen molar-refractivity contribution in [2.75, 3.05) is 0 Å². The smallest absolute Gasteiger partial charge is 0.0948 e. The van der Waals surface area contributed by atoms with Crippen LogP contribution in [-0.4, -0.2) is 9.55 Å². The van der Waals surface area contributed by atoms with Crippen LogP contribution in [0.5, 0.6) is 0 Å². The number of fused-ring (bicyclic) bond motifs is 2. The first-order valence-corrected chi connectivity index (χ1v) is 7.38. The van der Waals surface area contributed by atoms with E-state index in [-0.39, 0.29) is 0 Å². The molecule has 2 aromatic rings. The van der Waals surface area contributed by atoms with E-state index in [9.17, 15) is 0 Å². The Morgan fingerprint density at radius 3 is 2.79 bits per heavy atom. The van der Waals surface area contributed by atoms with E-state index in [2.05, 4.69) is 27.9 Å². The molecule has 0 amide bonds. The second-order valence-electron chi connectivity index (χ2n) is 6.07. The Labute approximate surface area is 118 Å². The average Bonchev–Trinajstić information content (AvgIpc) is 3.15. The van der Waals surface area contributed by atoms with E-state index >= 15 is 0 Å². The Balaban J connectivity index is 1.68. The van der Waals surface area contributed by atoms with Gasteiger partial charge in [0.05, 0.1) is 6.33 Å². The second-order valence-corrected chi connectivity index (χ2v) is 6.51. The molecule has 1 aromatic heterocycles. The highest BCUT2D eigenvalue weighted by Gasteiger charge is 2.51. The molecule has 2 saturated carbocycles. The summed E-state index contributed by atoms with van der Waals surface area (Å²) in [5.41, 5.74) is 1.85. The van der Waals surface area contributed by atoms with Gasteiger partial charge in [-0.3, -0.25) is 0 Å². The summed E-state index contributed by atoms with van der Waals surface area (Å²) in [6.45, 7) is 0. The summed E-state index contributed by atoms with van der Waals surface area (Å²) in [6, 6.07) is 9.14. The highest BCUT2D eigenvalue weighted by molar-refractivity contribution is 6.30. The monoisotopic (exact) mass is 272 g/mol. The summed E-state index contributed by atoms with van der Waals surface area (Å²) < 4.78 is 2.31. The van der Waals surface area contributed by atoms with Crippen LogP contribution in [-0.2, 0) is 5.41 Å². The maximum Gasteiger partial charge on any atom is 0.0948 e. The molecule has 2 bridgehead atoms. The van der Waals surface area contributed by atoms with Crippen molar-refractivity contribution in [1.82, 2.24) is 9.55 Å². The molecular weight excluding hydrogens is 256 g/mol. The van der Waals surface area contributed by atoms with E-state index in [1.54, 1.807) is 0 Å². The third-order valence-electron chi connectivity index (χ3n) is 5.16. The zero-order valence-electron chi connectivity index (χ0n) is 10.8. The molecule has 3 heteroatoms. The Hall–Kier alpha value is -1.28. The van der Waals surface area contributed by atoms with Crippen LogP contribution in [0.25, 0.3) is 0 Å². The number of rotatable bonds is 2. The quantitative estimate of drug-likeness (QED) is 0.800. The molecule has 2 fully saturated rings. The number of nitrogens with zero attached hydrogens (tertiary/aromatic N) is 2. The SMILES string of the molecule is Clc1ccc(C23CCC(C2)C(n2ccnc2)C3)cc1. The van der Waals surface area contributed by atoms with Gasteiger partial charge in [-0.25, -0.2) is 4.98 Å². The first kappa shape index (κ1) is 11.5. The Morgan fingerprint density at radius 2 is 2.05 bits per heavy atom. The minimum atomic E-state index is 0.379. The Morgan fingerprint density at radius 1 is 1.21 bits per heavy atom. The molecule has 1 aromatic carbocycles. The summed E-state index contributed by atoms with van der Waals surface area (Å²) in [4.78, 5) is 4.20. The van der Waals surface area contributed by atoms with Crippen LogP contribution in [0.2, 0.25) is 5.02 Å². The zero-order valence-corrected chi connectivity index (χ0v) is 11.6. The molecule has 2 aliphatic rings. The number of aromatic nitrogens is 2. The molecule has 2 nitrogen and oxygen atoms in total. The van der Waals surface area contributed by atoms with Gasteiger partial charge >= 0.3 is 0 Å². The number of benzene rings is 1. The van der Waals surface area contributed by atoms with Gasteiger partial charge in [-0.05, 0) is 54.7 Å². The number of hydrogen-bond donors (Lipinski definition) is 0. The summed E-state index contributed by atoms with van der Waals surface area (Å²) in [5.74, 6) is 0.810. The number of imidazole rings is 1. The highest BCUT2D eigenvalue weighted by atomic mass is 35.5. The maximum atomic E-state index is 6.01. The standard InChI is InChI=1S/C16H17ClN2/c17-14-3-1-13(2-4-14)16-6-5-12(9-16)15(10-16)19-8-7-18-11-19/h1-4,7-8,11-12,15H,5-6,9-10H2. The van der Waals surface area contributed by atoms with E-state index in [1.807, 2.05) is 24.7 Å². The first-order chi connectivity index (χ1) is 9.27. The van der Waals surface area contributed by atoms with Crippen LogP contribution in [0.1, 0.15) is 37.3 Å². The lowest BCUT2D eigenvalue weighted by atomic mass is 9.77. The van der Waals surface area contributed by atoms with Gasteiger partial charge in [0, 0.05) is 23.5 Å². The summed E-state index contributed by atoms with van der Waals surface area (Å²) in [5, 5.41) is 0.832. The Bertz CT molecular complexity index is 575. The summed E-state index contributed by atoms with van der Waals surface area (Å²) >= 11 is 6.01. The van der Waals surface area contributed by atoms with Gasteiger partial charge < -0.3 is 4.57 Å². The van der Waals surface area contributed by atoms with Crippen molar-refractivity contribution in [3.63, 3.8) is 0 Å². The Kier molecular flexibility index (Phi) is 2.49. The molecule has 19 heavy (non-hydrogen) atoms. The summed E-state index contributed by atoms with van der Waals surface area (Å²) in [7, 11) is 0. The van der Waals surface area contributed by atoms with Crippen LogP contribution >= 0.6 is 11.6 Å². The van der Waals surface area contributed by atoms with Crippen molar-refractivity contribution in [3.05, 3.63) is 53.6 Å². The topological polar surface area (TPSA) is 17.8 Å². The van der Waals surface area contributed by atoms with Crippen molar-refractivity contribution < 1.29 is 0 Å². The molecule has 0 saturated heterocycles. The molecule has 3 unspecified atom stereocenters. The highest BCUT2D eigenvalue weighted by Crippen LogP contribution is 2.59. The molecule has 0 aliphatic heterocycles. The van der Waals surface area contributed by atoms with Gasteiger partial charge in [-0.15, -0.1) is 0 Å². The number of hydrogen-bond acceptors (Lipinski definition) is 1. The second kappa shape index (κ2) is 4.11. The normalized spacial score (nSPS) is 32.9. The molecule has 98 valence electrons. The van der Waals surface area contributed by atoms with Gasteiger partial charge in [-0.1, -0.05) is 23.7 Å². The molecule has 0 N–H and O–H groups in total. The fraction of sp³-hybridized carbons (Fsp3) is 0.438. The van der Waals surface area contributed by atoms with Crippen molar-refractivity contribution >= 4 is 11.6 Å². The molecule has 0 spiro atoms. The predicted molar refractivity (Wildman–Crippen MR) is 76.4 cm³/mol. The molecule has 4 rings (SSSR count). The van der Waals surface area contributed by atoms with Crippen molar-refractivity contribution in [1.29, 1.82) is 0 Å². The molecule has 0 radical (unpaired) electrons. The van der Waals surface area contributed by atoms with Crippen LogP contribution < -0.4 is 0 Å². The van der Waals surface area contributed by atoms with Crippen molar-refractivity contribution in [2.24, 2.45) is 5.92 Å². The zero-order chi connectivity index (χ0) is 12.9. The summed E-state index contributed by atoms with van der Waals surface area (Å²) in [6.07, 6.45) is 11.2. The largest absolute Gasteiger partial charge is 0.334 e. The minimum absolute atomic E-state index is 0.379. The van der Waals surface area contributed by atoms with Crippen molar-refractivity contribution in [2.45, 2.75) is 37.1 Å². The molecular formula is C16H17ClN2. The van der Waals surface area contributed by atoms with Crippen LogP contribution in [0.3, 0.4) is 0 Å². The third kappa shape index (κ3) is 1.73. The van der Waals surface area contributed by atoms with E-state index < -0.39 is 0 Å². The van der Waals surface area contributed by atoms with Crippen LogP contribution in [0, 0.1) is 5.92 Å². The van der Waals surface area contributed by atoms with E-state index in [1.165, 1.54) is 31.2 Å². The fourth-order valence-corrected chi connectivity index (χ4v) is 4.37. The van der Waals surface area contributed by atoms with Crippen molar-refractivity contribution in [3.8, 4) is 0 Å². The minimum Gasteiger partial charge on any atom is -0.334 e. The molecule has 2 aliphatic carbocycles. The van der Waals surface area contributed by atoms with Gasteiger partial charge in [-0.2, -0.15) is 0 Å². The lowest BCUT2D eigenvalue weighted by Crippen LogP contribution is -2.24. The molecule has 1 heterocycles. The van der Waals surface area contributed by atoms with Gasteiger partial charge in [0.25, 0.3) is 0 Å². The fourth-order valence-electron chi connectivity index (χ4n) is 4.25. The lowest BCUT2D eigenvalue weighted by Gasteiger charge is -2.31. The lowest BCUT2D eigenvalue weighted by molar-refractivity contribution is 0.309. The van der Waals surface area contributed by atoms with Gasteiger partial charge in [0.1, 0.15) is 0 Å². The third-order valence-corrected chi connectivity index (χ3v) is 5.41. The molecule has 3 atom stereocenters. The van der Waals surface area contributed by atoms with Crippen LogP contribution in [0.15, 0.2) is 43.0 Å². The predicted octanol–water partition coefficient (Wildman–Crippen LogP) is 4.22. The maximum absolute atomic E-state index is 6.01. The van der Waals surface area contributed by atoms with E-state index in [0.29, 0.717) is 11.5 Å². The van der Waals surface area contributed by atoms with E-state index in [4.69, 9.17) is 11.6 Å². The number of halogens is 1. The first-order valence-electron chi connectivity index (χ1n) is 7.00.